The third kappa shape index (κ3) is 3.92. The summed E-state index contributed by atoms with van der Waals surface area (Å²) in [7, 11) is 0. The van der Waals surface area contributed by atoms with E-state index in [4.69, 9.17) is 14.2 Å². The lowest BCUT2D eigenvalue weighted by atomic mass is 10.0. The van der Waals surface area contributed by atoms with Gasteiger partial charge in [-0.25, -0.2) is 4.39 Å². The highest BCUT2D eigenvalue weighted by molar-refractivity contribution is 6.36. The van der Waals surface area contributed by atoms with Gasteiger partial charge in [0.2, 0.25) is 6.79 Å². The van der Waals surface area contributed by atoms with Crippen LogP contribution < -0.4 is 14.8 Å². The summed E-state index contributed by atoms with van der Waals surface area (Å²) in [5, 5.41) is 3.09. The molecule has 2 aromatic rings. The van der Waals surface area contributed by atoms with Crippen molar-refractivity contribution in [3.63, 3.8) is 0 Å². The highest BCUT2D eigenvalue weighted by atomic mass is 19.1. The van der Waals surface area contributed by atoms with Crippen molar-refractivity contribution in [3.05, 3.63) is 59.5 Å². The summed E-state index contributed by atoms with van der Waals surface area (Å²) in [6, 6.07) is 10.7. The number of hydrogen-bond donors (Lipinski definition) is 1. The van der Waals surface area contributed by atoms with Gasteiger partial charge in [-0.1, -0.05) is 12.1 Å². The van der Waals surface area contributed by atoms with Gasteiger partial charge in [0.15, 0.2) is 11.5 Å². The van der Waals surface area contributed by atoms with Crippen LogP contribution in [-0.4, -0.2) is 67.8 Å². The molecular formula is C23H22FN3O5. The molecular weight excluding hydrogens is 417 g/mol. The molecule has 0 aromatic heterocycles. The summed E-state index contributed by atoms with van der Waals surface area (Å²) in [5.41, 5.74) is 1.43. The van der Waals surface area contributed by atoms with Crippen molar-refractivity contribution in [2.75, 3.05) is 51.5 Å². The van der Waals surface area contributed by atoms with E-state index >= 15 is 0 Å². The van der Waals surface area contributed by atoms with Gasteiger partial charge in [0.25, 0.3) is 11.8 Å². The van der Waals surface area contributed by atoms with Crippen LogP contribution in [0.2, 0.25) is 0 Å². The largest absolute Gasteiger partial charge is 0.454 e. The van der Waals surface area contributed by atoms with Crippen molar-refractivity contribution in [2.45, 2.75) is 0 Å². The predicted molar refractivity (Wildman–Crippen MR) is 113 cm³/mol. The molecule has 8 nitrogen and oxygen atoms in total. The molecule has 1 fully saturated rings. The highest BCUT2D eigenvalue weighted by Crippen LogP contribution is 2.36. The number of nitrogens with one attached hydrogen (secondary N) is 1. The number of carbonyl (C=O) groups excluding carboxylic acids is 2. The summed E-state index contributed by atoms with van der Waals surface area (Å²) in [6.45, 7) is 3.75. The average Bonchev–Trinajstić information content (AvgIpc) is 3.36. The Morgan fingerprint density at radius 2 is 1.66 bits per heavy atom. The second kappa shape index (κ2) is 8.60. The normalized spacial score (nSPS) is 18.6. The molecule has 1 N–H and O–H groups in total. The van der Waals surface area contributed by atoms with Crippen LogP contribution in [-0.2, 0) is 14.3 Å². The maximum Gasteiger partial charge on any atom is 0.278 e. The van der Waals surface area contributed by atoms with Crippen LogP contribution in [0.1, 0.15) is 5.56 Å². The number of rotatable bonds is 6. The fraction of sp³-hybridized carbons (Fsp3) is 0.304. The standard InChI is InChI=1S/C23H22FN3O5/c24-16-3-1-15(2-4-16)20-21(25-17-5-6-18-19(13-17)32-14-31-18)23(29)27(22(20)28)8-7-26-9-11-30-12-10-26/h1-6,13,25H,7-12,14H2. The number of hydrogen-bond acceptors (Lipinski definition) is 7. The second-order valence-electron chi connectivity index (χ2n) is 7.67. The van der Waals surface area contributed by atoms with E-state index in [0.29, 0.717) is 42.5 Å². The molecule has 0 unspecified atom stereocenters. The number of imide groups is 1. The fourth-order valence-electron chi connectivity index (χ4n) is 3.96. The predicted octanol–water partition coefficient (Wildman–Crippen LogP) is 2.08. The number of nitrogens with zero attached hydrogens (tertiary/aromatic N) is 2. The first-order valence-electron chi connectivity index (χ1n) is 10.4. The van der Waals surface area contributed by atoms with Crippen molar-refractivity contribution in [3.8, 4) is 11.5 Å². The second-order valence-corrected chi connectivity index (χ2v) is 7.67. The van der Waals surface area contributed by atoms with Crippen LogP contribution >= 0.6 is 0 Å². The highest BCUT2D eigenvalue weighted by Gasteiger charge is 2.39. The molecule has 0 radical (unpaired) electrons. The summed E-state index contributed by atoms with van der Waals surface area (Å²) in [6.07, 6.45) is 0. The molecule has 9 heteroatoms. The Bertz CT molecular complexity index is 1080. The first-order valence-corrected chi connectivity index (χ1v) is 10.4. The van der Waals surface area contributed by atoms with E-state index in [0.717, 1.165) is 13.1 Å². The average molecular weight is 439 g/mol. The molecule has 0 spiro atoms. The van der Waals surface area contributed by atoms with E-state index in [1.165, 1.54) is 29.2 Å². The number of morpholine rings is 1. The van der Waals surface area contributed by atoms with Crippen molar-refractivity contribution in [1.29, 1.82) is 0 Å². The van der Waals surface area contributed by atoms with E-state index in [1.807, 2.05) is 0 Å². The molecule has 3 aliphatic heterocycles. The van der Waals surface area contributed by atoms with E-state index < -0.39 is 17.6 Å². The SMILES string of the molecule is O=C1C(Nc2ccc3c(c2)OCO3)=C(c2ccc(F)cc2)C(=O)N1CCN1CCOCC1. The van der Waals surface area contributed by atoms with E-state index in [1.54, 1.807) is 18.2 Å². The van der Waals surface area contributed by atoms with E-state index in [2.05, 4.69) is 10.2 Å². The molecule has 1 saturated heterocycles. The number of halogens is 1. The van der Waals surface area contributed by atoms with E-state index in [-0.39, 0.29) is 24.6 Å². The molecule has 0 atom stereocenters. The van der Waals surface area contributed by atoms with Crippen molar-refractivity contribution < 1.29 is 28.2 Å². The number of fused-ring (bicyclic) bond motifs is 1. The fourth-order valence-corrected chi connectivity index (χ4v) is 3.96. The number of anilines is 1. The van der Waals surface area contributed by atoms with Crippen LogP contribution in [0, 0.1) is 5.82 Å². The lowest BCUT2D eigenvalue weighted by Crippen LogP contribution is -2.43. The van der Waals surface area contributed by atoms with Gasteiger partial charge < -0.3 is 19.5 Å². The van der Waals surface area contributed by atoms with Crippen LogP contribution in [0.5, 0.6) is 11.5 Å². The lowest BCUT2D eigenvalue weighted by Gasteiger charge is -2.28. The Balaban J connectivity index is 1.43. The molecule has 3 heterocycles. The summed E-state index contributed by atoms with van der Waals surface area (Å²) < 4.78 is 29.6. The number of benzene rings is 2. The topological polar surface area (TPSA) is 80.3 Å². The Kier molecular flexibility index (Phi) is 5.50. The van der Waals surface area contributed by atoms with Gasteiger partial charge in [0, 0.05) is 37.9 Å². The zero-order chi connectivity index (χ0) is 22.1. The van der Waals surface area contributed by atoms with Crippen LogP contribution in [0.15, 0.2) is 48.2 Å². The summed E-state index contributed by atoms with van der Waals surface area (Å²) >= 11 is 0. The third-order valence-electron chi connectivity index (χ3n) is 5.69. The minimum absolute atomic E-state index is 0.134. The third-order valence-corrected chi connectivity index (χ3v) is 5.69. The molecule has 0 aliphatic carbocycles. The minimum Gasteiger partial charge on any atom is -0.454 e. The van der Waals surface area contributed by atoms with Gasteiger partial charge in [-0.05, 0) is 29.8 Å². The Morgan fingerprint density at radius 1 is 0.906 bits per heavy atom. The lowest BCUT2D eigenvalue weighted by molar-refractivity contribution is -0.137. The first-order chi connectivity index (χ1) is 15.6. The molecule has 2 amide bonds. The summed E-state index contributed by atoms with van der Waals surface area (Å²) in [4.78, 5) is 30.0. The summed E-state index contributed by atoms with van der Waals surface area (Å²) in [5.74, 6) is -0.0666. The van der Waals surface area contributed by atoms with Crippen molar-refractivity contribution >= 4 is 23.1 Å². The zero-order valence-corrected chi connectivity index (χ0v) is 17.3. The van der Waals surface area contributed by atoms with E-state index in [9.17, 15) is 14.0 Å². The number of ether oxygens (including phenoxy) is 3. The van der Waals surface area contributed by atoms with Gasteiger partial charge in [-0.2, -0.15) is 0 Å². The molecule has 0 bridgehead atoms. The Morgan fingerprint density at radius 3 is 2.44 bits per heavy atom. The molecule has 5 rings (SSSR count). The first kappa shape index (κ1) is 20.5. The molecule has 166 valence electrons. The maximum absolute atomic E-state index is 13.5. The van der Waals surface area contributed by atoms with Crippen LogP contribution in [0.25, 0.3) is 5.57 Å². The van der Waals surface area contributed by atoms with Gasteiger partial charge in [-0.15, -0.1) is 0 Å². The smallest absolute Gasteiger partial charge is 0.278 e. The monoisotopic (exact) mass is 439 g/mol. The Hall–Kier alpha value is -3.43. The zero-order valence-electron chi connectivity index (χ0n) is 17.3. The van der Waals surface area contributed by atoms with Crippen molar-refractivity contribution in [2.24, 2.45) is 0 Å². The maximum atomic E-state index is 13.5. The van der Waals surface area contributed by atoms with Gasteiger partial charge in [0.1, 0.15) is 11.5 Å². The number of carbonyl (C=O) groups is 2. The Labute approximate surface area is 184 Å². The van der Waals surface area contributed by atoms with Gasteiger partial charge in [0.05, 0.1) is 18.8 Å². The van der Waals surface area contributed by atoms with Crippen molar-refractivity contribution in [1.82, 2.24) is 9.80 Å². The molecule has 0 saturated carbocycles. The van der Waals surface area contributed by atoms with Crippen LogP contribution in [0.4, 0.5) is 10.1 Å². The molecule has 3 aliphatic rings. The minimum atomic E-state index is -0.416. The quantitative estimate of drug-likeness (QED) is 0.691. The van der Waals surface area contributed by atoms with Gasteiger partial charge >= 0.3 is 0 Å². The van der Waals surface area contributed by atoms with Crippen LogP contribution in [0.3, 0.4) is 0 Å². The van der Waals surface area contributed by atoms with Gasteiger partial charge in [-0.3, -0.25) is 19.4 Å². The number of amides is 2. The molecule has 2 aromatic carbocycles. The molecule has 32 heavy (non-hydrogen) atoms.